The summed E-state index contributed by atoms with van der Waals surface area (Å²) in [6.07, 6.45) is 0.313. The molecule has 0 saturated heterocycles. The van der Waals surface area contributed by atoms with E-state index >= 15 is 0 Å². The molecule has 0 atom stereocenters. The molecule has 2 rings (SSSR count). The highest BCUT2D eigenvalue weighted by atomic mass is 32.1. The van der Waals surface area contributed by atoms with Crippen molar-refractivity contribution < 1.29 is 14.7 Å². The number of carbonyl (C=O) groups excluding carboxylic acids is 1. The number of rotatable bonds is 5. The molecule has 0 spiro atoms. The second-order valence-electron chi connectivity index (χ2n) is 4.22. The molecule has 104 valence electrons. The lowest BCUT2D eigenvalue weighted by molar-refractivity contribution is -0.136. The summed E-state index contributed by atoms with van der Waals surface area (Å²) in [4.78, 5) is 22.4. The number of nitrogens with zero attached hydrogens (tertiary/aromatic N) is 2. The molecule has 2 N–H and O–H groups in total. The van der Waals surface area contributed by atoms with Crippen molar-refractivity contribution in [2.45, 2.75) is 19.8 Å². The van der Waals surface area contributed by atoms with Crippen LogP contribution in [0.15, 0.2) is 24.3 Å². The Morgan fingerprint density at radius 1 is 1.35 bits per heavy atom. The minimum atomic E-state index is -0.884. The molecule has 7 heteroatoms. The molecule has 1 heterocycles. The second kappa shape index (κ2) is 6.25. The first-order valence-electron chi connectivity index (χ1n) is 5.97. The van der Waals surface area contributed by atoms with Gasteiger partial charge in [-0.05, 0) is 19.1 Å². The number of carboxylic acid groups (broad SMARTS) is 1. The summed E-state index contributed by atoms with van der Waals surface area (Å²) in [6, 6.07) is 7.21. The number of amides is 1. The van der Waals surface area contributed by atoms with E-state index in [4.69, 9.17) is 5.11 Å². The van der Waals surface area contributed by atoms with Crippen LogP contribution in [0.25, 0.3) is 0 Å². The van der Waals surface area contributed by atoms with Gasteiger partial charge in [0.25, 0.3) is 5.91 Å². The highest BCUT2D eigenvalue weighted by Crippen LogP contribution is 2.17. The average Bonchev–Trinajstić information content (AvgIpc) is 2.84. The maximum atomic E-state index is 12.0. The molecule has 0 aliphatic heterocycles. The van der Waals surface area contributed by atoms with Crippen molar-refractivity contribution in [1.82, 2.24) is 10.2 Å². The van der Waals surface area contributed by atoms with E-state index in [1.54, 1.807) is 12.1 Å². The van der Waals surface area contributed by atoms with Gasteiger partial charge in [-0.1, -0.05) is 29.0 Å². The zero-order chi connectivity index (χ0) is 14.5. The molecule has 1 aromatic heterocycles. The van der Waals surface area contributed by atoms with Gasteiger partial charge >= 0.3 is 5.97 Å². The Morgan fingerprint density at radius 3 is 2.85 bits per heavy atom. The summed E-state index contributed by atoms with van der Waals surface area (Å²) < 4.78 is 0. The summed E-state index contributed by atoms with van der Waals surface area (Å²) in [5.74, 6) is -1.14. The minimum absolute atomic E-state index is 0.000456. The van der Waals surface area contributed by atoms with Crippen LogP contribution in [0, 0.1) is 6.92 Å². The first-order valence-corrected chi connectivity index (χ1v) is 6.78. The number of anilines is 1. The lowest BCUT2D eigenvalue weighted by atomic mass is 10.1. The molecule has 0 radical (unpaired) electrons. The number of aryl methyl sites for hydroxylation is 2. The van der Waals surface area contributed by atoms with E-state index in [0.717, 1.165) is 5.56 Å². The second-order valence-corrected chi connectivity index (χ2v) is 5.28. The molecule has 0 saturated carbocycles. The number of hydrogen-bond donors (Lipinski definition) is 2. The standard InChI is InChI=1S/C13H13N3O3S/c1-8-3-2-4-9(7-8)12(19)14-13-16-15-10(20-13)5-6-11(17)18/h2-4,7H,5-6H2,1H3,(H,17,18)(H,14,16,19). The highest BCUT2D eigenvalue weighted by molar-refractivity contribution is 7.15. The number of benzene rings is 1. The van der Waals surface area contributed by atoms with Crippen molar-refractivity contribution in [3.8, 4) is 0 Å². The Labute approximate surface area is 119 Å². The van der Waals surface area contributed by atoms with Gasteiger partial charge in [-0.25, -0.2) is 0 Å². The van der Waals surface area contributed by atoms with Crippen molar-refractivity contribution in [3.05, 3.63) is 40.4 Å². The third-order valence-electron chi connectivity index (χ3n) is 2.52. The molecule has 1 amide bonds. The van der Waals surface area contributed by atoms with Gasteiger partial charge in [-0.15, -0.1) is 10.2 Å². The minimum Gasteiger partial charge on any atom is -0.481 e. The van der Waals surface area contributed by atoms with Crippen LogP contribution in [0.2, 0.25) is 0 Å². The smallest absolute Gasteiger partial charge is 0.303 e. The van der Waals surface area contributed by atoms with Crippen molar-refractivity contribution in [3.63, 3.8) is 0 Å². The Morgan fingerprint density at radius 2 is 2.15 bits per heavy atom. The van der Waals surface area contributed by atoms with Gasteiger partial charge in [0.2, 0.25) is 5.13 Å². The fourth-order valence-corrected chi connectivity index (χ4v) is 2.31. The summed E-state index contributed by atoms with van der Waals surface area (Å²) in [5.41, 5.74) is 1.55. The predicted octanol–water partition coefficient (Wildman–Crippen LogP) is 2.12. The molecular weight excluding hydrogens is 278 g/mol. The van der Waals surface area contributed by atoms with Crippen LogP contribution in [0.5, 0.6) is 0 Å². The van der Waals surface area contributed by atoms with Gasteiger partial charge in [0.05, 0.1) is 6.42 Å². The van der Waals surface area contributed by atoms with Crippen molar-refractivity contribution in [2.75, 3.05) is 5.32 Å². The van der Waals surface area contributed by atoms with E-state index < -0.39 is 5.97 Å². The zero-order valence-electron chi connectivity index (χ0n) is 10.8. The third-order valence-corrected chi connectivity index (χ3v) is 3.42. The number of aromatic nitrogens is 2. The molecule has 0 fully saturated rings. The van der Waals surface area contributed by atoms with Gasteiger partial charge < -0.3 is 5.11 Å². The summed E-state index contributed by atoms with van der Waals surface area (Å²) in [5, 5.41) is 19.9. The quantitative estimate of drug-likeness (QED) is 0.880. The molecular formula is C13H13N3O3S. The van der Waals surface area contributed by atoms with Gasteiger partial charge in [0, 0.05) is 12.0 Å². The molecule has 6 nitrogen and oxygen atoms in total. The van der Waals surface area contributed by atoms with Crippen molar-refractivity contribution in [1.29, 1.82) is 0 Å². The molecule has 20 heavy (non-hydrogen) atoms. The summed E-state index contributed by atoms with van der Waals surface area (Å²) >= 11 is 1.18. The maximum Gasteiger partial charge on any atom is 0.303 e. The van der Waals surface area contributed by atoms with E-state index in [1.807, 2.05) is 19.1 Å². The average molecular weight is 291 g/mol. The number of carboxylic acids is 1. The van der Waals surface area contributed by atoms with Crippen LogP contribution in [-0.4, -0.2) is 27.2 Å². The van der Waals surface area contributed by atoms with Crippen molar-refractivity contribution >= 4 is 28.3 Å². The van der Waals surface area contributed by atoms with Gasteiger partial charge in [-0.2, -0.15) is 0 Å². The fourth-order valence-electron chi connectivity index (χ4n) is 1.57. The van der Waals surface area contributed by atoms with Gasteiger partial charge in [-0.3, -0.25) is 14.9 Å². The van der Waals surface area contributed by atoms with Crippen LogP contribution in [0.1, 0.15) is 27.3 Å². The normalized spacial score (nSPS) is 10.2. The molecule has 0 aliphatic rings. The number of hydrogen-bond acceptors (Lipinski definition) is 5. The Balaban J connectivity index is 1.99. The molecule has 0 bridgehead atoms. The zero-order valence-corrected chi connectivity index (χ0v) is 11.6. The predicted molar refractivity (Wildman–Crippen MR) is 75.0 cm³/mol. The van der Waals surface area contributed by atoms with E-state index in [-0.39, 0.29) is 12.3 Å². The van der Waals surface area contributed by atoms with Crippen LogP contribution < -0.4 is 5.32 Å². The molecule has 1 aromatic carbocycles. The molecule has 0 unspecified atom stereocenters. The number of nitrogens with one attached hydrogen (secondary N) is 1. The van der Waals surface area contributed by atoms with E-state index in [1.165, 1.54) is 11.3 Å². The van der Waals surface area contributed by atoms with Crippen LogP contribution >= 0.6 is 11.3 Å². The first kappa shape index (κ1) is 14.1. The van der Waals surface area contributed by atoms with Crippen LogP contribution in [0.3, 0.4) is 0 Å². The maximum absolute atomic E-state index is 12.0. The van der Waals surface area contributed by atoms with E-state index in [9.17, 15) is 9.59 Å². The largest absolute Gasteiger partial charge is 0.481 e. The Bertz CT molecular complexity index is 639. The Kier molecular flexibility index (Phi) is 4.41. The number of carbonyl (C=O) groups is 2. The third kappa shape index (κ3) is 3.86. The monoisotopic (exact) mass is 291 g/mol. The molecule has 0 aliphatic carbocycles. The van der Waals surface area contributed by atoms with E-state index in [2.05, 4.69) is 15.5 Å². The van der Waals surface area contributed by atoms with E-state index in [0.29, 0.717) is 22.1 Å². The van der Waals surface area contributed by atoms with Crippen molar-refractivity contribution in [2.24, 2.45) is 0 Å². The SMILES string of the molecule is Cc1cccc(C(=O)Nc2nnc(CCC(=O)O)s2)c1. The van der Waals surface area contributed by atoms with Gasteiger partial charge in [0.15, 0.2) is 0 Å². The van der Waals surface area contributed by atoms with Crippen LogP contribution in [0.4, 0.5) is 5.13 Å². The first-order chi connectivity index (χ1) is 9.54. The summed E-state index contributed by atoms with van der Waals surface area (Å²) in [7, 11) is 0. The topological polar surface area (TPSA) is 92.2 Å². The highest BCUT2D eigenvalue weighted by Gasteiger charge is 2.11. The number of aliphatic carboxylic acids is 1. The van der Waals surface area contributed by atoms with Gasteiger partial charge in [0.1, 0.15) is 5.01 Å². The summed E-state index contributed by atoms with van der Waals surface area (Å²) in [6.45, 7) is 1.91. The van der Waals surface area contributed by atoms with Crippen LogP contribution in [-0.2, 0) is 11.2 Å². The lowest BCUT2D eigenvalue weighted by Crippen LogP contribution is -2.11. The molecule has 2 aromatic rings. The Hall–Kier alpha value is -2.28. The lowest BCUT2D eigenvalue weighted by Gasteiger charge is -2.01. The fraction of sp³-hybridized carbons (Fsp3) is 0.231.